The molecule has 26 heteroatoms. The standard InChI is InChI=1S/C23H36N4O20P2/c1-8(21(35)36)24-19(34)9(2)43-18-14(25-10(3)29)22(45-11(6-28)16(18)32)46-49(40,41)47-48(38,39)42-7-12-15(31)17(33)20(44-12)27-5-4-13(30)26-23(27)37/h4-5,8-9,11-12,14-18,20,22,28,31-33H,6-7H2,1-3H3,(H,24,34)(H,25,29)(H,35,36)(H,38,39)(H,40,41)(H,26,30,37)/p-3/t8-,9+,11+,12+,14+,15+,16+,17+,18+,20+,22+/m0/s1. The first-order valence-electron chi connectivity index (χ1n) is 14.0. The zero-order chi connectivity index (χ0) is 37.0. The topological polar surface area (TPSA) is 370 Å². The van der Waals surface area contributed by atoms with Gasteiger partial charge in [-0.05, 0) is 13.8 Å². The zero-order valence-corrected chi connectivity index (χ0v) is 27.4. The van der Waals surface area contributed by atoms with Crippen LogP contribution in [-0.4, -0.2) is 122 Å². The lowest BCUT2D eigenvalue weighted by atomic mass is 9.96. The molecule has 7 N–H and O–H groups in total. The average molecular weight is 747 g/mol. The molecule has 0 saturated carbocycles. The molecule has 0 aliphatic carbocycles. The second-order valence-electron chi connectivity index (χ2n) is 10.7. The summed E-state index contributed by atoms with van der Waals surface area (Å²) in [6, 6.07) is -2.46. The summed E-state index contributed by atoms with van der Waals surface area (Å²) in [4.78, 5) is 85.7. The highest BCUT2D eigenvalue weighted by Crippen LogP contribution is 2.57. The quantitative estimate of drug-likeness (QED) is 0.0819. The van der Waals surface area contributed by atoms with E-state index in [0.29, 0.717) is 4.57 Å². The van der Waals surface area contributed by atoms with Crippen LogP contribution in [-0.2, 0) is 51.1 Å². The number of aliphatic hydroxyl groups is 4. The molecule has 0 spiro atoms. The first-order chi connectivity index (χ1) is 22.7. The molecule has 278 valence electrons. The Balaban J connectivity index is 1.73. The molecule has 1 aromatic rings. The van der Waals surface area contributed by atoms with Gasteiger partial charge in [-0.1, -0.05) is 0 Å². The number of aromatic nitrogens is 2. The van der Waals surface area contributed by atoms with E-state index in [4.69, 9.17) is 18.7 Å². The summed E-state index contributed by atoms with van der Waals surface area (Å²) in [5.41, 5.74) is -1.85. The SMILES string of the molecule is CC(=O)N[C@H]1[C@@H](OP(=O)([O-])OP(=O)([O-])OC[C@H]2O[C@@H](n3ccc(=O)[nH]c3=O)[C@H](O)[C@@H]2O)O[C@H](CO)[C@@H](O)[C@@H]1O[C@H](C)C(=O)N[C@@H](C)C(=O)[O-]. The van der Waals surface area contributed by atoms with Crippen LogP contribution in [0.25, 0.3) is 0 Å². The van der Waals surface area contributed by atoms with E-state index in [1.807, 2.05) is 10.3 Å². The number of carbonyl (C=O) groups excluding carboxylic acids is 3. The van der Waals surface area contributed by atoms with Crippen LogP contribution in [0.4, 0.5) is 0 Å². The van der Waals surface area contributed by atoms with Crippen molar-refractivity contribution in [3.05, 3.63) is 33.1 Å². The van der Waals surface area contributed by atoms with Crippen LogP contribution < -0.4 is 36.8 Å². The molecule has 2 amide bonds. The van der Waals surface area contributed by atoms with Crippen LogP contribution in [0.2, 0.25) is 0 Å². The number of amides is 2. The van der Waals surface area contributed by atoms with Gasteiger partial charge in [-0.2, -0.15) is 0 Å². The molecule has 2 aliphatic rings. The summed E-state index contributed by atoms with van der Waals surface area (Å²) in [6.45, 7) is 0.862. The number of aliphatic carboxylic acids is 1. The third kappa shape index (κ3) is 10.5. The van der Waals surface area contributed by atoms with Gasteiger partial charge in [0.25, 0.3) is 21.2 Å². The Hall–Kier alpha value is -2.93. The number of aliphatic hydroxyl groups excluding tert-OH is 4. The maximum Gasteiger partial charge on any atom is 0.330 e. The van der Waals surface area contributed by atoms with Crippen LogP contribution in [0.1, 0.15) is 27.0 Å². The number of phosphoric acid groups is 2. The molecule has 24 nitrogen and oxygen atoms in total. The number of nitrogens with one attached hydrogen (secondary N) is 3. The zero-order valence-electron chi connectivity index (χ0n) is 25.6. The van der Waals surface area contributed by atoms with Gasteiger partial charge in [0.2, 0.25) is 11.8 Å². The number of ether oxygens (including phenoxy) is 3. The smallest absolute Gasteiger partial charge is 0.330 e. The Morgan fingerprint density at radius 1 is 1.06 bits per heavy atom. The average Bonchev–Trinajstić information content (AvgIpc) is 3.26. The predicted molar refractivity (Wildman–Crippen MR) is 147 cm³/mol. The maximum atomic E-state index is 12.7. The number of aromatic amines is 1. The fourth-order valence-electron chi connectivity index (χ4n) is 4.58. The summed E-state index contributed by atoms with van der Waals surface area (Å²) >= 11 is 0. The van der Waals surface area contributed by atoms with E-state index in [0.717, 1.165) is 33.0 Å². The van der Waals surface area contributed by atoms with E-state index in [2.05, 4.69) is 14.2 Å². The number of carboxylic acids is 1. The highest BCUT2D eigenvalue weighted by atomic mass is 31.3. The van der Waals surface area contributed by atoms with E-state index in [1.54, 1.807) is 0 Å². The molecule has 2 fully saturated rings. The van der Waals surface area contributed by atoms with Crippen molar-refractivity contribution in [2.75, 3.05) is 13.2 Å². The Morgan fingerprint density at radius 2 is 1.71 bits per heavy atom. The first kappa shape index (κ1) is 40.5. The summed E-state index contributed by atoms with van der Waals surface area (Å²) in [5, 5.41) is 56.1. The number of nitrogens with zero attached hydrogens (tertiary/aromatic N) is 1. The van der Waals surface area contributed by atoms with Gasteiger partial charge in [-0.25, -0.2) is 9.11 Å². The highest BCUT2D eigenvalue weighted by Gasteiger charge is 2.50. The summed E-state index contributed by atoms with van der Waals surface area (Å²) in [5.74, 6) is -3.62. The van der Waals surface area contributed by atoms with E-state index < -0.39 is 125 Å². The van der Waals surface area contributed by atoms with Crippen molar-refractivity contribution in [1.29, 1.82) is 0 Å². The molecule has 0 radical (unpaired) electrons. The van der Waals surface area contributed by atoms with Crippen LogP contribution in [0.15, 0.2) is 21.9 Å². The van der Waals surface area contributed by atoms with Gasteiger partial charge < -0.3 is 69.5 Å². The van der Waals surface area contributed by atoms with Gasteiger partial charge >= 0.3 is 5.69 Å². The molecule has 3 rings (SSSR count). The summed E-state index contributed by atoms with van der Waals surface area (Å²) in [6.07, 6.45) is -15.6. The third-order valence-electron chi connectivity index (χ3n) is 6.96. The van der Waals surface area contributed by atoms with E-state index in [1.165, 1.54) is 0 Å². The third-order valence-corrected chi connectivity index (χ3v) is 9.49. The van der Waals surface area contributed by atoms with Crippen molar-refractivity contribution in [3.8, 4) is 0 Å². The molecule has 13 atom stereocenters. The number of hydrogen-bond donors (Lipinski definition) is 7. The van der Waals surface area contributed by atoms with Crippen LogP contribution in [0, 0.1) is 0 Å². The fourth-order valence-corrected chi connectivity index (χ4v) is 6.66. The Kier molecular flexibility index (Phi) is 13.6. The molecular weight excluding hydrogens is 714 g/mol. The molecular formula is C23H33N4O20P2-3. The lowest BCUT2D eigenvalue weighted by Crippen LogP contribution is -2.66. The predicted octanol–water partition coefficient (Wildman–Crippen LogP) is -7.25. The number of phosphoric ester groups is 2. The van der Waals surface area contributed by atoms with Gasteiger partial charge in [-0.15, -0.1) is 0 Å². The van der Waals surface area contributed by atoms with Crippen LogP contribution in [0.3, 0.4) is 0 Å². The van der Waals surface area contributed by atoms with Gasteiger partial charge in [0.1, 0.15) is 48.8 Å². The first-order valence-corrected chi connectivity index (χ1v) is 17.0. The molecule has 0 aromatic carbocycles. The molecule has 3 heterocycles. The number of H-pyrrole nitrogens is 1. The van der Waals surface area contributed by atoms with Crippen molar-refractivity contribution in [3.63, 3.8) is 0 Å². The van der Waals surface area contributed by atoms with Crippen molar-refractivity contribution < 1.29 is 86.4 Å². The minimum atomic E-state index is -6.12. The Labute approximate surface area is 274 Å². The normalized spacial score (nSPS) is 32.3. The Bertz CT molecular complexity index is 1570. The molecule has 0 bridgehead atoms. The van der Waals surface area contributed by atoms with E-state index in [9.17, 15) is 68.4 Å². The number of rotatable bonds is 15. The van der Waals surface area contributed by atoms with Gasteiger partial charge in [-0.3, -0.25) is 37.6 Å². The van der Waals surface area contributed by atoms with Crippen molar-refractivity contribution in [2.45, 2.75) is 88.1 Å². The van der Waals surface area contributed by atoms with Crippen LogP contribution >= 0.6 is 15.6 Å². The minimum absolute atomic E-state index is 0.673. The van der Waals surface area contributed by atoms with Gasteiger partial charge in [0, 0.05) is 19.2 Å². The summed E-state index contributed by atoms with van der Waals surface area (Å²) in [7, 11) is -12.1. The molecule has 1 aromatic heterocycles. The number of carboxylic acid groups (broad SMARTS) is 1. The Morgan fingerprint density at radius 3 is 2.29 bits per heavy atom. The molecule has 2 aliphatic heterocycles. The summed E-state index contributed by atoms with van der Waals surface area (Å²) < 4.78 is 55.0. The van der Waals surface area contributed by atoms with Crippen molar-refractivity contribution in [1.82, 2.24) is 20.2 Å². The molecule has 49 heavy (non-hydrogen) atoms. The fraction of sp³-hybridized carbons (Fsp3) is 0.696. The van der Waals surface area contributed by atoms with Gasteiger partial charge in [0.15, 0.2) is 12.5 Å². The monoisotopic (exact) mass is 747 g/mol. The maximum absolute atomic E-state index is 12.7. The largest absolute Gasteiger partial charge is 0.756 e. The second-order valence-corrected chi connectivity index (χ2v) is 13.6. The van der Waals surface area contributed by atoms with Crippen molar-refractivity contribution in [2.24, 2.45) is 0 Å². The number of carbonyl (C=O) groups is 3. The van der Waals surface area contributed by atoms with E-state index in [-0.39, 0.29) is 0 Å². The van der Waals surface area contributed by atoms with Crippen LogP contribution in [0.5, 0.6) is 0 Å². The lowest BCUT2D eigenvalue weighted by molar-refractivity contribution is -0.307. The minimum Gasteiger partial charge on any atom is -0.756 e. The van der Waals surface area contributed by atoms with E-state index >= 15 is 0 Å². The second kappa shape index (κ2) is 16.4. The van der Waals surface area contributed by atoms with Crippen molar-refractivity contribution >= 4 is 33.4 Å². The highest BCUT2D eigenvalue weighted by molar-refractivity contribution is 7.59. The molecule has 2 saturated heterocycles. The molecule has 2 unspecified atom stereocenters. The van der Waals surface area contributed by atoms with Gasteiger partial charge in [0.05, 0.1) is 25.2 Å². The number of hydrogen-bond acceptors (Lipinski definition) is 20. The lowest BCUT2D eigenvalue weighted by Gasteiger charge is -2.46.